The third kappa shape index (κ3) is 4.35. The van der Waals surface area contributed by atoms with E-state index in [2.05, 4.69) is 5.32 Å². The van der Waals surface area contributed by atoms with Crippen LogP contribution in [0, 0.1) is 0 Å². The number of hydrogen-bond donors (Lipinski definition) is 1. The molecule has 1 aromatic carbocycles. The van der Waals surface area contributed by atoms with Crippen molar-refractivity contribution in [3.8, 4) is 0 Å². The van der Waals surface area contributed by atoms with Gasteiger partial charge in [-0.1, -0.05) is 36.2 Å². The van der Waals surface area contributed by atoms with Crippen molar-refractivity contribution >= 4 is 33.0 Å². The molecule has 1 rings (SSSR count). The zero-order valence-corrected chi connectivity index (χ0v) is 14.5. The minimum Gasteiger partial charge on any atom is -0.308 e. The van der Waals surface area contributed by atoms with E-state index in [0.29, 0.717) is 16.6 Å². The lowest BCUT2D eigenvalue weighted by Crippen LogP contribution is -2.42. The molecule has 0 aromatic heterocycles. The van der Waals surface area contributed by atoms with Crippen molar-refractivity contribution in [2.75, 3.05) is 12.8 Å². The van der Waals surface area contributed by atoms with E-state index >= 15 is 0 Å². The second kappa shape index (κ2) is 6.65. The highest BCUT2D eigenvalue weighted by Gasteiger charge is 2.30. The van der Waals surface area contributed by atoms with Gasteiger partial charge in [0.25, 0.3) is 0 Å². The molecule has 0 aliphatic carbocycles. The maximum Gasteiger partial charge on any atom is 0.153 e. The molecular formula is C14H21Cl2NO2S. The molecule has 0 amide bonds. The van der Waals surface area contributed by atoms with Crippen LogP contribution in [0.2, 0.25) is 10.0 Å². The van der Waals surface area contributed by atoms with Crippen LogP contribution in [0.4, 0.5) is 0 Å². The molecule has 0 saturated carbocycles. The van der Waals surface area contributed by atoms with Crippen molar-refractivity contribution in [2.45, 2.75) is 38.0 Å². The SMILES string of the molecule is CCC(NCC(C)(C)S(C)(=O)=O)c1ccc(Cl)c(Cl)c1. The fourth-order valence-electron chi connectivity index (χ4n) is 1.73. The van der Waals surface area contributed by atoms with Crippen molar-refractivity contribution in [3.63, 3.8) is 0 Å². The zero-order valence-electron chi connectivity index (χ0n) is 12.2. The molecule has 0 aliphatic heterocycles. The Morgan fingerprint density at radius 2 is 1.85 bits per heavy atom. The van der Waals surface area contributed by atoms with Gasteiger partial charge in [0, 0.05) is 18.8 Å². The summed E-state index contributed by atoms with van der Waals surface area (Å²) < 4.78 is 22.6. The van der Waals surface area contributed by atoms with Gasteiger partial charge in [-0.2, -0.15) is 0 Å². The minimum atomic E-state index is -3.11. The largest absolute Gasteiger partial charge is 0.308 e. The standard InChI is InChI=1S/C14H21Cl2NO2S/c1-5-13(10-6-7-11(15)12(16)8-10)17-9-14(2,3)20(4,18)19/h6-8,13,17H,5,9H2,1-4H3. The Bertz CT molecular complexity index is 571. The van der Waals surface area contributed by atoms with Crippen LogP contribution in [-0.4, -0.2) is 26.0 Å². The molecule has 0 aliphatic rings. The van der Waals surface area contributed by atoms with Gasteiger partial charge in [-0.25, -0.2) is 8.42 Å². The van der Waals surface area contributed by atoms with Gasteiger partial charge in [0.1, 0.15) is 0 Å². The second-order valence-corrected chi connectivity index (χ2v) is 9.01. The quantitative estimate of drug-likeness (QED) is 0.857. The number of halogens is 2. The lowest BCUT2D eigenvalue weighted by atomic mass is 10.0. The summed E-state index contributed by atoms with van der Waals surface area (Å²) >= 11 is 11.9. The lowest BCUT2D eigenvalue weighted by molar-refractivity contribution is 0.464. The van der Waals surface area contributed by atoms with Crippen LogP contribution in [0.15, 0.2) is 18.2 Å². The van der Waals surface area contributed by atoms with Gasteiger partial charge < -0.3 is 5.32 Å². The van der Waals surface area contributed by atoms with Crippen LogP contribution in [0.1, 0.15) is 38.8 Å². The molecule has 1 N–H and O–H groups in total. The van der Waals surface area contributed by atoms with E-state index in [-0.39, 0.29) is 6.04 Å². The average Bonchev–Trinajstić information content (AvgIpc) is 2.32. The molecule has 20 heavy (non-hydrogen) atoms. The van der Waals surface area contributed by atoms with Gasteiger partial charge >= 0.3 is 0 Å². The topological polar surface area (TPSA) is 46.2 Å². The predicted molar refractivity (Wildman–Crippen MR) is 86.4 cm³/mol. The van der Waals surface area contributed by atoms with E-state index in [1.807, 2.05) is 19.1 Å². The summed E-state index contributed by atoms with van der Waals surface area (Å²) in [6.07, 6.45) is 2.09. The van der Waals surface area contributed by atoms with Crippen molar-refractivity contribution in [2.24, 2.45) is 0 Å². The highest BCUT2D eigenvalue weighted by molar-refractivity contribution is 7.92. The summed E-state index contributed by atoms with van der Waals surface area (Å²) in [4.78, 5) is 0. The summed E-state index contributed by atoms with van der Waals surface area (Å²) in [6, 6.07) is 5.53. The Labute approximate surface area is 131 Å². The molecular weight excluding hydrogens is 317 g/mol. The van der Waals surface area contributed by atoms with E-state index in [1.165, 1.54) is 6.26 Å². The van der Waals surface area contributed by atoms with Crippen molar-refractivity contribution in [1.29, 1.82) is 0 Å². The summed E-state index contributed by atoms with van der Waals surface area (Å²) in [5.74, 6) is 0. The van der Waals surface area contributed by atoms with Crippen molar-refractivity contribution in [1.82, 2.24) is 5.32 Å². The highest BCUT2D eigenvalue weighted by Crippen LogP contribution is 2.27. The number of nitrogens with one attached hydrogen (secondary N) is 1. The summed E-state index contributed by atoms with van der Waals surface area (Å²) in [6.45, 7) is 5.85. The maximum absolute atomic E-state index is 11.7. The lowest BCUT2D eigenvalue weighted by Gasteiger charge is -2.27. The van der Waals surface area contributed by atoms with Gasteiger partial charge in [0.05, 0.1) is 14.8 Å². The molecule has 1 unspecified atom stereocenters. The van der Waals surface area contributed by atoms with Crippen LogP contribution in [0.25, 0.3) is 0 Å². The second-order valence-electron chi connectivity index (χ2n) is 5.55. The normalized spacial score (nSPS) is 14.3. The van der Waals surface area contributed by atoms with Gasteiger partial charge in [0.15, 0.2) is 9.84 Å². The predicted octanol–water partition coefficient (Wildman–Crippen LogP) is 3.86. The Hall–Kier alpha value is -0.290. The number of sulfone groups is 1. The van der Waals surface area contributed by atoms with Gasteiger partial charge in [-0.3, -0.25) is 0 Å². The molecule has 1 aromatic rings. The third-order valence-electron chi connectivity index (χ3n) is 3.53. The molecule has 3 nitrogen and oxygen atoms in total. The first-order valence-corrected chi connectivity index (χ1v) is 9.11. The zero-order chi connectivity index (χ0) is 15.6. The fraction of sp³-hybridized carbons (Fsp3) is 0.571. The first-order chi connectivity index (χ1) is 9.08. The minimum absolute atomic E-state index is 0.0470. The van der Waals surface area contributed by atoms with E-state index in [9.17, 15) is 8.42 Å². The van der Waals surface area contributed by atoms with Crippen LogP contribution < -0.4 is 5.32 Å². The Morgan fingerprint density at radius 1 is 1.25 bits per heavy atom. The molecule has 0 heterocycles. The number of hydrogen-bond acceptors (Lipinski definition) is 3. The average molecular weight is 338 g/mol. The smallest absolute Gasteiger partial charge is 0.153 e. The van der Waals surface area contributed by atoms with E-state index < -0.39 is 14.6 Å². The highest BCUT2D eigenvalue weighted by atomic mass is 35.5. The molecule has 0 spiro atoms. The first-order valence-electron chi connectivity index (χ1n) is 6.46. The summed E-state index contributed by atoms with van der Waals surface area (Å²) in [5, 5.41) is 4.32. The Kier molecular flexibility index (Phi) is 5.90. The molecule has 114 valence electrons. The number of rotatable bonds is 6. The maximum atomic E-state index is 11.7. The van der Waals surface area contributed by atoms with Gasteiger partial charge in [-0.15, -0.1) is 0 Å². The molecule has 6 heteroatoms. The van der Waals surface area contributed by atoms with Crippen LogP contribution in [-0.2, 0) is 9.84 Å². The Morgan fingerprint density at radius 3 is 2.30 bits per heavy atom. The van der Waals surface area contributed by atoms with Crippen molar-refractivity contribution < 1.29 is 8.42 Å². The molecule has 0 fully saturated rings. The summed E-state index contributed by atoms with van der Waals surface area (Å²) in [7, 11) is -3.11. The first kappa shape index (κ1) is 17.8. The monoisotopic (exact) mass is 337 g/mol. The van der Waals surface area contributed by atoms with Crippen molar-refractivity contribution in [3.05, 3.63) is 33.8 Å². The van der Waals surface area contributed by atoms with Crippen LogP contribution >= 0.6 is 23.2 Å². The van der Waals surface area contributed by atoms with Crippen LogP contribution in [0.5, 0.6) is 0 Å². The molecule has 1 atom stereocenters. The Balaban J connectivity index is 2.85. The molecule has 0 bridgehead atoms. The van der Waals surface area contributed by atoms with Crippen LogP contribution in [0.3, 0.4) is 0 Å². The van der Waals surface area contributed by atoms with Gasteiger partial charge in [-0.05, 0) is 38.0 Å². The molecule has 0 saturated heterocycles. The number of benzene rings is 1. The molecule has 0 radical (unpaired) electrons. The summed E-state index contributed by atoms with van der Waals surface area (Å²) in [5.41, 5.74) is 1.01. The van der Waals surface area contributed by atoms with E-state index in [0.717, 1.165) is 12.0 Å². The fourth-order valence-corrected chi connectivity index (χ4v) is 2.38. The van der Waals surface area contributed by atoms with E-state index in [1.54, 1.807) is 19.9 Å². The van der Waals surface area contributed by atoms with Gasteiger partial charge in [0.2, 0.25) is 0 Å². The third-order valence-corrected chi connectivity index (χ3v) is 6.42. The van der Waals surface area contributed by atoms with E-state index in [4.69, 9.17) is 23.2 Å².